The fourth-order valence-electron chi connectivity index (χ4n) is 3.57. The third-order valence-corrected chi connectivity index (χ3v) is 5.60. The number of rotatable bonds is 4. The van der Waals surface area contributed by atoms with Crippen molar-refractivity contribution in [1.82, 2.24) is 15.0 Å². The van der Waals surface area contributed by atoms with E-state index in [1.165, 1.54) is 0 Å². The van der Waals surface area contributed by atoms with Gasteiger partial charge in [-0.2, -0.15) is 4.98 Å². The maximum Gasteiger partial charge on any atom is 0.222 e. The van der Waals surface area contributed by atoms with E-state index >= 15 is 0 Å². The molecule has 0 aliphatic heterocycles. The normalized spacial score (nSPS) is 11.0. The summed E-state index contributed by atoms with van der Waals surface area (Å²) >= 11 is 12.1. The molecule has 162 valence electrons. The number of pyridine rings is 1. The first-order valence-corrected chi connectivity index (χ1v) is 10.8. The Kier molecular flexibility index (Phi) is 5.46. The Morgan fingerprint density at radius 3 is 2.24 bits per heavy atom. The molecule has 0 fully saturated rings. The van der Waals surface area contributed by atoms with Gasteiger partial charge >= 0.3 is 0 Å². The standard InChI is InChI=1S/C25H18Cl2N6/c26-16-6-4-14(5-7-16)23-13-24(33-25(29)32-23)30-18-8-9-21-19(11-18)20(28)12-22(31-21)15-2-1-3-17(27)10-15/h1-13H,(H2,28,31)(H3,29,30,32,33). The van der Waals surface area contributed by atoms with Gasteiger partial charge in [-0.05, 0) is 48.5 Å². The Bertz CT molecular complexity index is 1490. The Morgan fingerprint density at radius 1 is 0.667 bits per heavy atom. The van der Waals surface area contributed by atoms with Gasteiger partial charge in [0.25, 0.3) is 0 Å². The van der Waals surface area contributed by atoms with Gasteiger partial charge in [-0.1, -0.05) is 47.5 Å². The Labute approximate surface area is 200 Å². The van der Waals surface area contributed by atoms with E-state index in [0.29, 0.717) is 27.2 Å². The van der Waals surface area contributed by atoms with E-state index < -0.39 is 0 Å². The van der Waals surface area contributed by atoms with Crippen LogP contribution in [-0.4, -0.2) is 15.0 Å². The first kappa shape index (κ1) is 21.0. The van der Waals surface area contributed by atoms with E-state index in [0.717, 1.165) is 33.4 Å². The van der Waals surface area contributed by atoms with E-state index in [4.69, 9.17) is 39.7 Å². The summed E-state index contributed by atoms with van der Waals surface area (Å²) in [6, 6.07) is 24.3. The number of halogens is 2. The molecular weight excluding hydrogens is 455 g/mol. The van der Waals surface area contributed by atoms with Gasteiger partial charge in [0.05, 0.1) is 16.9 Å². The number of nitrogens with one attached hydrogen (secondary N) is 1. The average Bonchev–Trinajstić information content (AvgIpc) is 2.79. The lowest BCUT2D eigenvalue weighted by Gasteiger charge is -2.11. The Morgan fingerprint density at radius 2 is 1.45 bits per heavy atom. The Balaban J connectivity index is 1.48. The number of nitrogens with zero attached hydrogens (tertiary/aromatic N) is 3. The minimum absolute atomic E-state index is 0.165. The highest BCUT2D eigenvalue weighted by Crippen LogP contribution is 2.31. The van der Waals surface area contributed by atoms with Crippen molar-refractivity contribution in [3.63, 3.8) is 0 Å². The molecule has 0 radical (unpaired) electrons. The molecule has 8 heteroatoms. The number of benzene rings is 3. The summed E-state index contributed by atoms with van der Waals surface area (Å²) in [5, 5.41) is 5.41. The smallest absolute Gasteiger partial charge is 0.222 e. The highest BCUT2D eigenvalue weighted by Gasteiger charge is 2.09. The molecule has 0 atom stereocenters. The SMILES string of the molecule is Nc1nc(Nc2ccc3nc(-c4cccc(Cl)c4)cc(N)c3c2)cc(-c2ccc(Cl)cc2)n1. The first-order chi connectivity index (χ1) is 15.9. The van der Waals surface area contributed by atoms with Crippen molar-refractivity contribution in [2.45, 2.75) is 0 Å². The van der Waals surface area contributed by atoms with Gasteiger partial charge in [0.15, 0.2) is 0 Å². The van der Waals surface area contributed by atoms with Gasteiger partial charge in [0, 0.05) is 44.0 Å². The fourth-order valence-corrected chi connectivity index (χ4v) is 3.89. The summed E-state index contributed by atoms with van der Waals surface area (Å²) in [4.78, 5) is 13.4. The zero-order valence-electron chi connectivity index (χ0n) is 17.3. The predicted octanol–water partition coefficient (Wildman–Crippen LogP) is 6.57. The summed E-state index contributed by atoms with van der Waals surface area (Å²) in [7, 11) is 0. The van der Waals surface area contributed by atoms with E-state index in [-0.39, 0.29) is 5.95 Å². The van der Waals surface area contributed by atoms with Crippen LogP contribution in [0.2, 0.25) is 10.0 Å². The number of anilines is 4. The molecule has 33 heavy (non-hydrogen) atoms. The number of nitrogens with two attached hydrogens (primary N) is 2. The molecule has 5 aromatic rings. The largest absolute Gasteiger partial charge is 0.398 e. The van der Waals surface area contributed by atoms with Crippen molar-refractivity contribution < 1.29 is 0 Å². The molecule has 0 amide bonds. The highest BCUT2D eigenvalue weighted by molar-refractivity contribution is 6.31. The maximum absolute atomic E-state index is 6.37. The van der Waals surface area contributed by atoms with Crippen LogP contribution < -0.4 is 16.8 Å². The molecule has 0 aliphatic rings. The highest BCUT2D eigenvalue weighted by atomic mass is 35.5. The zero-order valence-corrected chi connectivity index (χ0v) is 18.8. The van der Waals surface area contributed by atoms with Crippen LogP contribution in [0.25, 0.3) is 33.4 Å². The molecule has 2 heterocycles. The molecule has 2 aromatic heterocycles. The average molecular weight is 473 g/mol. The van der Waals surface area contributed by atoms with Gasteiger partial charge in [0.1, 0.15) is 5.82 Å². The molecule has 6 nitrogen and oxygen atoms in total. The van der Waals surface area contributed by atoms with Crippen LogP contribution in [0.5, 0.6) is 0 Å². The molecule has 0 spiro atoms. The molecular formula is C25H18Cl2N6. The van der Waals surface area contributed by atoms with E-state index in [2.05, 4.69) is 15.3 Å². The quantitative estimate of drug-likeness (QED) is 0.273. The van der Waals surface area contributed by atoms with Crippen LogP contribution in [-0.2, 0) is 0 Å². The summed E-state index contributed by atoms with van der Waals surface area (Å²) in [6.45, 7) is 0. The van der Waals surface area contributed by atoms with Crippen molar-refractivity contribution >= 4 is 57.2 Å². The maximum atomic E-state index is 6.37. The van der Waals surface area contributed by atoms with Crippen molar-refractivity contribution in [3.8, 4) is 22.5 Å². The second-order valence-electron chi connectivity index (χ2n) is 7.47. The zero-order chi connectivity index (χ0) is 22.9. The molecule has 5 rings (SSSR count). The third kappa shape index (κ3) is 4.53. The van der Waals surface area contributed by atoms with Crippen LogP contribution in [0.4, 0.5) is 23.1 Å². The van der Waals surface area contributed by atoms with Gasteiger partial charge in [-0.25, -0.2) is 9.97 Å². The van der Waals surface area contributed by atoms with Crippen LogP contribution in [0.1, 0.15) is 0 Å². The molecule has 0 aliphatic carbocycles. The monoisotopic (exact) mass is 472 g/mol. The molecule has 0 saturated heterocycles. The minimum atomic E-state index is 0.165. The second-order valence-corrected chi connectivity index (χ2v) is 8.34. The molecule has 5 N–H and O–H groups in total. The van der Waals surface area contributed by atoms with Crippen LogP contribution in [0.3, 0.4) is 0 Å². The van der Waals surface area contributed by atoms with Gasteiger partial charge < -0.3 is 16.8 Å². The van der Waals surface area contributed by atoms with Crippen molar-refractivity contribution in [3.05, 3.63) is 88.9 Å². The van der Waals surface area contributed by atoms with E-state index in [9.17, 15) is 0 Å². The number of hydrogen-bond acceptors (Lipinski definition) is 6. The van der Waals surface area contributed by atoms with Crippen molar-refractivity contribution in [1.29, 1.82) is 0 Å². The first-order valence-electron chi connectivity index (χ1n) is 10.1. The molecule has 0 saturated carbocycles. The lowest BCUT2D eigenvalue weighted by molar-refractivity contribution is 1.19. The summed E-state index contributed by atoms with van der Waals surface area (Å²) in [6.07, 6.45) is 0. The summed E-state index contributed by atoms with van der Waals surface area (Å²) in [5.74, 6) is 0.729. The number of aromatic nitrogens is 3. The third-order valence-electron chi connectivity index (χ3n) is 5.12. The van der Waals surface area contributed by atoms with Crippen molar-refractivity contribution in [2.75, 3.05) is 16.8 Å². The van der Waals surface area contributed by atoms with Gasteiger partial charge in [-0.3, -0.25) is 0 Å². The number of hydrogen-bond donors (Lipinski definition) is 3. The van der Waals surface area contributed by atoms with E-state index in [1.54, 1.807) is 12.1 Å². The van der Waals surface area contributed by atoms with Crippen LogP contribution in [0.15, 0.2) is 78.9 Å². The second kappa shape index (κ2) is 8.58. The minimum Gasteiger partial charge on any atom is -0.398 e. The summed E-state index contributed by atoms with van der Waals surface area (Å²) < 4.78 is 0. The lowest BCUT2D eigenvalue weighted by Crippen LogP contribution is -2.02. The van der Waals surface area contributed by atoms with Crippen molar-refractivity contribution in [2.24, 2.45) is 0 Å². The fraction of sp³-hybridized carbons (Fsp3) is 0. The van der Waals surface area contributed by atoms with Crippen LogP contribution in [0, 0.1) is 0 Å². The number of fused-ring (bicyclic) bond motifs is 1. The summed E-state index contributed by atoms with van der Waals surface area (Å²) in [5.41, 5.74) is 17.8. The molecule has 0 unspecified atom stereocenters. The van der Waals surface area contributed by atoms with Crippen LogP contribution >= 0.6 is 23.2 Å². The molecule has 0 bridgehead atoms. The van der Waals surface area contributed by atoms with Gasteiger partial charge in [0.2, 0.25) is 5.95 Å². The van der Waals surface area contributed by atoms with E-state index in [1.807, 2.05) is 66.7 Å². The van der Waals surface area contributed by atoms with Gasteiger partial charge in [-0.15, -0.1) is 0 Å². The Hall–Kier alpha value is -3.87. The topological polar surface area (TPSA) is 103 Å². The predicted molar refractivity (Wildman–Crippen MR) is 137 cm³/mol. The lowest BCUT2D eigenvalue weighted by atomic mass is 10.1. The number of nitrogen functional groups attached to an aromatic ring is 2. The molecule has 3 aromatic carbocycles.